The molecule has 0 aliphatic carbocycles. The predicted molar refractivity (Wildman–Crippen MR) is 112 cm³/mol. The minimum atomic E-state index is 0. The van der Waals surface area contributed by atoms with Crippen molar-refractivity contribution in [1.29, 1.82) is 0 Å². The highest BCUT2D eigenvalue weighted by atomic mass is 35.5. The van der Waals surface area contributed by atoms with Gasteiger partial charge in [0.25, 0.3) is 0 Å². The van der Waals surface area contributed by atoms with Crippen molar-refractivity contribution in [3.05, 3.63) is 22.4 Å². The van der Waals surface area contributed by atoms with Crippen LogP contribution in [-0.4, -0.2) is 68.7 Å². The van der Waals surface area contributed by atoms with Crippen LogP contribution >= 0.6 is 36.2 Å². The second kappa shape index (κ2) is 12.2. The van der Waals surface area contributed by atoms with Gasteiger partial charge in [0.15, 0.2) is 0 Å². The summed E-state index contributed by atoms with van der Waals surface area (Å²) in [5.74, 6) is 0.950. The minimum absolute atomic E-state index is 0. The van der Waals surface area contributed by atoms with Crippen LogP contribution < -0.4 is 5.32 Å². The number of amides is 1. The normalized spacial score (nSPS) is 21.5. The van der Waals surface area contributed by atoms with Gasteiger partial charge in [-0.25, -0.2) is 0 Å². The summed E-state index contributed by atoms with van der Waals surface area (Å²) in [6.45, 7) is 6.40. The summed E-state index contributed by atoms with van der Waals surface area (Å²) in [5.41, 5.74) is 0. The number of halogens is 2. The molecule has 2 atom stereocenters. The molecule has 2 saturated heterocycles. The Morgan fingerprint density at radius 3 is 2.81 bits per heavy atom. The Morgan fingerprint density at radius 2 is 2.19 bits per heavy atom. The van der Waals surface area contributed by atoms with Gasteiger partial charge in [-0.3, -0.25) is 9.69 Å². The molecule has 2 aliphatic heterocycles. The van der Waals surface area contributed by atoms with E-state index >= 15 is 0 Å². The molecule has 0 saturated carbocycles. The van der Waals surface area contributed by atoms with Crippen LogP contribution in [0.2, 0.25) is 0 Å². The summed E-state index contributed by atoms with van der Waals surface area (Å²) in [7, 11) is 1.95. The van der Waals surface area contributed by atoms with E-state index in [1.54, 1.807) is 11.3 Å². The maximum absolute atomic E-state index is 12.6. The molecule has 0 aromatic carbocycles. The number of nitrogens with zero attached hydrogens (tertiary/aromatic N) is 2. The van der Waals surface area contributed by atoms with Gasteiger partial charge < -0.3 is 15.0 Å². The first-order valence-electron chi connectivity index (χ1n) is 9.04. The topological polar surface area (TPSA) is 44.8 Å². The lowest BCUT2D eigenvalue weighted by Crippen LogP contribution is -2.44. The van der Waals surface area contributed by atoms with Gasteiger partial charge in [0, 0.05) is 38.0 Å². The third-order valence-corrected chi connectivity index (χ3v) is 6.13. The smallest absolute Gasteiger partial charge is 0.222 e. The highest BCUT2D eigenvalue weighted by Gasteiger charge is 2.26. The molecule has 1 aromatic rings. The second-order valence-corrected chi connectivity index (χ2v) is 7.83. The van der Waals surface area contributed by atoms with Crippen LogP contribution in [0, 0.1) is 5.92 Å². The van der Waals surface area contributed by atoms with Gasteiger partial charge in [0.2, 0.25) is 5.91 Å². The number of rotatable bonds is 7. The molecule has 150 valence electrons. The molecule has 3 heterocycles. The van der Waals surface area contributed by atoms with Gasteiger partial charge in [0.05, 0.1) is 19.3 Å². The van der Waals surface area contributed by atoms with Crippen LogP contribution in [-0.2, 0) is 9.53 Å². The van der Waals surface area contributed by atoms with E-state index in [0.29, 0.717) is 12.3 Å². The van der Waals surface area contributed by atoms with Crippen molar-refractivity contribution in [2.45, 2.75) is 25.3 Å². The Bertz CT molecular complexity index is 507. The zero-order chi connectivity index (χ0) is 16.8. The number of hydrogen-bond acceptors (Lipinski definition) is 5. The molecule has 1 amide bonds. The second-order valence-electron chi connectivity index (χ2n) is 6.85. The first-order valence-corrected chi connectivity index (χ1v) is 9.92. The molecule has 2 aliphatic rings. The Morgan fingerprint density at radius 1 is 1.42 bits per heavy atom. The molecule has 26 heavy (non-hydrogen) atoms. The van der Waals surface area contributed by atoms with E-state index in [0.717, 1.165) is 52.4 Å². The fourth-order valence-corrected chi connectivity index (χ4v) is 4.45. The van der Waals surface area contributed by atoms with Gasteiger partial charge in [0.1, 0.15) is 0 Å². The number of morpholine rings is 1. The van der Waals surface area contributed by atoms with Crippen LogP contribution in [0.1, 0.15) is 30.2 Å². The van der Waals surface area contributed by atoms with Crippen molar-refractivity contribution < 1.29 is 9.53 Å². The van der Waals surface area contributed by atoms with Crippen molar-refractivity contribution in [2.75, 3.05) is 53.0 Å². The minimum Gasteiger partial charge on any atom is -0.379 e. The van der Waals surface area contributed by atoms with Crippen LogP contribution in [0.5, 0.6) is 0 Å². The van der Waals surface area contributed by atoms with E-state index in [4.69, 9.17) is 4.74 Å². The fourth-order valence-electron chi connectivity index (χ4n) is 3.60. The summed E-state index contributed by atoms with van der Waals surface area (Å²) in [4.78, 5) is 18.3. The molecule has 0 spiro atoms. The standard InChI is InChI=1S/C18H29N3O2S.2ClH/c1-20(18(22)5-4-15-6-7-19-13-15)14-16(17-3-2-12-24-17)21-8-10-23-11-9-21;;/h2-3,12,15-16,19H,4-11,13-14H2,1H3;2*1H. The van der Waals surface area contributed by atoms with E-state index in [9.17, 15) is 4.79 Å². The van der Waals surface area contributed by atoms with Gasteiger partial charge in [-0.15, -0.1) is 36.2 Å². The average molecular weight is 424 g/mol. The summed E-state index contributed by atoms with van der Waals surface area (Å²) < 4.78 is 5.49. The third-order valence-electron chi connectivity index (χ3n) is 5.16. The van der Waals surface area contributed by atoms with Crippen LogP contribution in [0.15, 0.2) is 17.5 Å². The zero-order valence-corrected chi connectivity index (χ0v) is 17.8. The lowest BCUT2D eigenvalue weighted by molar-refractivity contribution is -0.131. The Kier molecular flexibility index (Phi) is 11.1. The quantitative estimate of drug-likeness (QED) is 0.731. The number of ether oxygens (including phenoxy) is 1. The first kappa shape index (κ1) is 23.7. The van der Waals surface area contributed by atoms with Crippen molar-refractivity contribution in [3.63, 3.8) is 0 Å². The molecule has 0 bridgehead atoms. The predicted octanol–water partition coefficient (Wildman–Crippen LogP) is 2.81. The molecule has 0 radical (unpaired) electrons. The lowest BCUT2D eigenvalue weighted by atomic mass is 10.0. The Balaban J connectivity index is 0.00000169. The summed E-state index contributed by atoms with van der Waals surface area (Å²) >= 11 is 1.78. The van der Waals surface area contributed by atoms with Gasteiger partial charge in [-0.1, -0.05) is 6.07 Å². The van der Waals surface area contributed by atoms with Gasteiger partial charge in [-0.05, 0) is 43.3 Å². The lowest BCUT2D eigenvalue weighted by Gasteiger charge is -2.36. The Labute approximate surface area is 173 Å². The molecular formula is C18H31Cl2N3O2S. The van der Waals surface area contributed by atoms with Crippen molar-refractivity contribution >= 4 is 42.1 Å². The van der Waals surface area contributed by atoms with Gasteiger partial charge >= 0.3 is 0 Å². The summed E-state index contributed by atoms with van der Waals surface area (Å²) in [6, 6.07) is 4.58. The number of thiophene rings is 1. The maximum Gasteiger partial charge on any atom is 0.222 e. The fraction of sp³-hybridized carbons (Fsp3) is 0.722. The van der Waals surface area contributed by atoms with Crippen LogP contribution in [0.25, 0.3) is 0 Å². The van der Waals surface area contributed by atoms with E-state index in [1.807, 2.05) is 11.9 Å². The van der Waals surface area contributed by atoms with E-state index in [-0.39, 0.29) is 36.8 Å². The highest BCUT2D eigenvalue weighted by molar-refractivity contribution is 7.10. The molecule has 3 rings (SSSR count). The van der Waals surface area contributed by atoms with E-state index in [2.05, 4.69) is 27.7 Å². The number of likely N-dealkylation sites (N-methyl/N-ethyl adjacent to an activating group) is 1. The summed E-state index contributed by atoms with van der Waals surface area (Å²) in [5, 5.41) is 5.50. The number of nitrogens with one attached hydrogen (secondary N) is 1. The van der Waals surface area contributed by atoms with Crippen LogP contribution in [0.3, 0.4) is 0 Å². The zero-order valence-electron chi connectivity index (χ0n) is 15.4. The maximum atomic E-state index is 12.6. The highest BCUT2D eigenvalue weighted by Crippen LogP contribution is 2.27. The van der Waals surface area contributed by atoms with Crippen molar-refractivity contribution in [2.24, 2.45) is 5.92 Å². The molecule has 2 fully saturated rings. The molecule has 8 heteroatoms. The average Bonchev–Trinajstić information content (AvgIpc) is 3.31. The molecular weight excluding hydrogens is 393 g/mol. The first-order chi connectivity index (χ1) is 11.7. The third kappa shape index (κ3) is 6.66. The number of carbonyl (C=O) groups excluding carboxylic acids is 1. The van der Waals surface area contributed by atoms with Crippen LogP contribution in [0.4, 0.5) is 0 Å². The van der Waals surface area contributed by atoms with E-state index < -0.39 is 0 Å². The summed E-state index contributed by atoms with van der Waals surface area (Å²) in [6.07, 6.45) is 2.89. The van der Waals surface area contributed by atoms with Crippen molar-refractivity contribution in [1.82, 2.24) is 15.1 Å². The monoisotopic (exact) mass is 423 g/mol. The molecule has 2 unspecified atom stereocenters. The van der Waals surface area contributed by atoms with Crippen molar-refractivity contribution in [3.8, 4) is 0 Å². The van der Waals surface area contributed by atoms with E-state index in [1.165, 1.54) is 11.3 Å². The SMILES string of the molecule is CN(CC(c1cccs1)N1CCOCC1)C(=O)CCC1CCNC1.Cl.Cl. The largest absolute Gasteiger partial charge is 0.379 e. The van der Waals surface area contributed by atoms with Gasteiger partial charge in [-0.2, -0.15) is 0 Å². The number of hydrogen-bond donors (Lipinski definition) is 1. The Hall–Kier alpha value is -0.370. The molecule has 1 N–H and O–H groups in total. The number of carbonyl (C=O) groups is 1. The molecule has 5 nitrogen and oxygen atoms in total. The molecule has 1 aromatic heterocycles.